The third-order valence-corrected chi connectivity index (χ3v) is 8.89. The number of hydrogen-bond acceptors (Lipinski definition) is 4. The van der Waals surface area contributed by atoms with Crippen LogP contribution in [0.3, 0.4) is 0 Å². The minimum Gasteiger partial charge on any atom is -0.352 e. The van der Waals surface area contributed by atoms with E-state index in [1.54, 1.807) is 43.3 Å². The van der Waals surface area contributed by atoms with Gasteiger partial charge in [-0.1, -0.05) is 80.9 Å². The van der Waals surface area contributed by atoms with Gasteiger partial charge in [0.25, 0.3) is 10.0 Å². The number of hydrogen-bond donors (Lipinski definition) is 1. The molecule has 0 unspecified atom stereocenters. The van der Waals surface area contributed by atoms with Crippen LogP contribution in [0.1, 0.15) is 63.6 Å². The highest BCUT2D eigenvalue weighted by atomic mass is 32.2. The van der Waals surface area contributed by atoms with Gasteiger partial charge in [0.2, 0.25) is 11.8 Å². The summed E-state index contributed by atoms with van der Waals surface area (Å²) in [5.74, 6) is -0.490. The largest absolute Gasteiger partial charge is 0.352 e. The van der Waals surface area contributed by atoms with Crippen LogP contribution < -0.4 is 9.62 Å². The minimum absolute atomic E-state index is 0.0542. The normalized spacial score (nSPS) is 13.0. The van der Waals surface area contributed by atoms with Crippen LogP contribution in [0.5, 0.6) is 0 Å². The van der Waals surface area contributed by atoms with Crippen molar-refractivity contribution in [1.82, 2.24) is 10.2 Å². The van der Waals surface area contributed by atoms with E-state index in [9.17, 15) is 18.0 Å². The summed E-state index contributed by atoms with van der Waals surface area (Å²) in [6.07, 6.45) is 0.750. The van der Waals surface area contributed by atoms with Crippen LogP contribution in [0.15, 0.2) is 83.8 Å². The number of carbonyl (C=O) groups is 2. The van der Waals surface area contributed by atoms with Gasteiger partial charge < -0.3 is 10.2 Å². The first-order chi connectivity index (χ1) is 18.9. The van der Waals surface area contributed by atoms with E-state index in [-0.39, 0.29) is 29.3 Å². The van der Waals surface area contributed by atoms with E-state index in [4.69, 9.17) is 0 Å². The highest BCUT2D eigenvalue weighted by Gasteiger charge is 2.32. The first-order valence-electron chi connectivity index (χ1n) is 13.8. The van der Waals surface area contributed by atoms with Crippen LogP contribution >= 0.6 is 0 Å². The molecule has 0 radical (unpaired) electrons. The molecule has 40 heavy (non-hydrogen) atoms. The Morgan fingerprint density at radius 2 is 1.45 bits per heavy atom. The Bertz CT molecular complexity index is 1370. The molecular weight excluding hydrogens is 522 g/mol. The van der Waals surface area contributed by atoms with Gasteiger partial charge in [-0.2, -0.15) is 0 Å². The van der Waals surface area contributed by atoms with Crippen molar-refractivity contribution in [2.24, 2.45) is 0 Å². The van der Waals surface area contributed by atoms with Crippen molar-refractivity contribution >= 4 is 27.5 Å². The molecule has 0 heterocycles. The van der Waals surface area contributed by atoms with Gasteiger partial charge in [0.1, 0.15) is 12.6 Å². The zero-order valence-corrected chi connectivity index (χ0v) is 25.1. The Labute approximate surface area is 239 Å². The van der Waals surface area contributed by atoms with Crippen molar-refractivity contribution in [2.75, 3.05) is 10.8 Å². The molecule has 0 saturated heterocycles. The second-order valence-corrected chi connectivity index (χ2v) is 12.4. The zero-order valence-electron chi connectivity index (χ0n) is 24.3. The van der Waals surface area contributed by atoms with Gasteiger partial charge in [0.15, 0.2) is 0 Å². The maximum atomic E-state index is 14.0. The molecule has 0 fully saturated rings. The number of nitrogens with zero attached hydrogens (tertiary/aromatic N) is 2. The fourth-order valence-corrected chi connectivity index (χ4v) is 5.63. The summed E-state index contributed by atoms with van der Waals surface area (Å²) < 4.78 is 29.0. The summed E-state index contributed by atoms with van der Waals surface area (Å²) >= 11 is 0. The van der Waals surface area contributed by atoms with Crippen molar-refractivity contribution < 1.29 is 18.0 Å². The van der Waals surface area contributed by atoms with Crippen LogP contribution in [-0.4, -0.2) is 43.8 Å². The van der Waals surface area contributed by atoms with E-state index in [0.29, 0.717) is 5.69 Å². The summed E-state index contributed by atoms with van der Waals surface area (Å²) in [5, 5.41) is 2.95. The van der Waals surface area contributed by atoms with Gasteiger partial charge in [-0.3, -0.25) is 13.9 Å². The first kappa shape index (κ1) is 30.9. The van der Waals surface area contributed by atoms with Crippen molar-refractivity contribution in [3.8, 4) is 0 Å². The van der Waals surface area contributed by atoms with Crippen LogP contribution in [0.4, 0.5) is 5.69 Å². The number of benzene rings is 3. The summed E-state index contributed by atoms with van der Waals surface area (Å²) in [4.78, 5) is 28.6. The molecule has 0 spiro atoms. The van der Waals surface area contributed by atoms with Crippen molar-refractivity contribution in [3.05, 3.63) is 95.6 Å². The summed E-state index contributed by atoms with van der Waals surface area (Å²) in [6.45, 7) is 11.3. The Morgan fingerprint density at radius 3 is 2.00 bits per heavy atom. The smallest absolute Gasteiger partial charge is 0.264 e. The standard InChI is InChI=1S/C32H41N3O4S/c1-7-25(5)33-32(37)26(6)34(21-27-11-9-8-10-12-27)31(36)22-35(29-17-15-28(16-18-29)23(2)3)40(38,39)30-19-13-24(4)14-20-30/h8-20,23,25-26H,7,21-22H2,1-6H3,(H,33,37)/t25-,26+/m1/s1. The summed E-state index contributed by atoms with van der Waals surface area (Å²) in [7, 11) is -4.09. The highest BCUT2D eigenvalue weighted by molar-refractivity contribution is 7.92. The number of sulfonamides is 1. The van der Waals surface area contributed by atoms with Crippen LogP contribution in [0.25, 0.3) is 0 Å². The maximum Gasteiger partial charge on any atom is 0.264 e. The van der Waals surface area contributed by atoms with Crippen molar-refractivity contribution in [3.63, 3.8) is 0 Å². The lowest BCUT2D eigenvalue weighted by Crippen LogP contribution is -2.52. The maximum absolute atomic E-state index is 14.0. The topological polar surface area (TPSA) is 86.8 Å². The number of nitrogens with one attached hydrogen (secondary N) is 1. The van der Waals surface area contributed by atoms with E-state index in [1.165, 1.54) is 4.90 Å². The molecule has 0 bridgehead atoms. The Kier molecular flexibility index (Phi) is 10.5. The second kappa shape index (κ2) is 13.6. The number of amides is 2. The predicted molar refractivity (Wildman–Crippen MR) is 161 cm³/mol. The van der Waals surface area contributed by atoms with Gasteiger partial charge in [0.05, 0.1) is 10.6 Å². The third kappa shape index (κ3) is 7.72. The molecule has 0 aliphatic heterocycles. The van der Waals surface area contributed by atoms with E-state index in [1.807, 2.05) is 63.2 Å². The van der Waals surface area contributed by atoms with Crippen LogP contribution in [0, 0.1) is 6.92 Å². The van der Waals surface area contributed by atoms with E-state index >= 15 is 0 Å². The molecule has 0 aliphatic carbocycles. The number of aryl methyl sites for hydroxylation is 1. The molecule has 0 aliphatic rings. The number of anilines is 1. The zero-order chi connectivity index (χ0) is 29.4. The lowest BCUT2D eigenvalue weighted by Gasteiger charge is -2.32. The van der Waals surface area contributed by atoms with Gasteiger partial charge in [-0.15, -0.1) is 0 Å². The molecule has 7 nitrogen and oxygen atoms in total. The summed E-state index contributed by atoms with van der Waals surface area (Å²) in [6, 6.07) is 22.3. The lowest BCUT2D eigenvalue weighted by molar-refractivity contribution is -0.139. The molecule has 3 aromatic carbocycles. The van der Waals surface area contributed by atoms with Gasteiger partial charge in [-0.05, 0) is 68.5 Å². The average Bonchev–Trinajstić information content (AvgIpc) is 2.94. The van der Waals surface area contributed by atoms with E-state index < -0.39 is 28.5 Å². The molecule has 2 atom stereocenters. The monoisotopic (exact) mass is 563 g/mol. The molecule has 3 rings (SSSR count). The number of rotatable bonds is 12. The minimum atomic E-state index is -4.09. The molecule has 3 aromatic rings. The lowest BCUT2D eigenvalue weighted by atomic mass is 10.0. The SMILES string of the molecule is CC[C@@H](C)NC(=O)[C@H](C)N(Cc1ccccc1)C(=O)CN(c1ccc(C(C)C)cc1)S(=O)(=O)c1ccc(C)cc1. The average molecular weight is 564 g/mol. The van der Waals surface area contributed by atoms with Crippen LogP contribution in [-0.2, 0) is 26.2 Å². The Morgan fingerprint density at radius 1 is 0.850 bits per heavy atom. The van der Waals surface area contributed by atoms with E-state index in [2.05, 4.69) is 19.2 Å². The van der Waals surface area contributed by atoms with Crippen LogP contribution in [0.2, 0.25) is 0 Å². The molecule has 1 N–H and O–H groups in total. The quantitative estimate of drug-likeness (QED) is 0.309. The van der Waals surface area contributed by atoms with Gasteiger partial charge in [-0.25, -0.2) is 8.42 Å². The first-order valence-corrected chi connectivity index (χ1v) is 15.2. The highest BCUT2D eigenvalue weighted by Crippen LogP contribution is 2.27. The second-order valence-electron chi connectivity index (χ2n) is 10.6. The Hall–Kier alpha value is -3.65. The molecule has 2 amide bonds. The van der Waals surface area contributed by atoms with Gasteiger partial charge >= 0.3 is 0 Å². The van der Waals surface area contributed by atoms with Gasteiger partial charge in [0, 0.05) is 12.6 Å². The van der Waals surface area contributed by atoms with E-state index in [0.717, 1.165) is 27.4 Å². The molecular formula is C32H41N3O4S. The van der Waals surface area contributed by atoms with Crippen molar-refractivity contribution in [1.29, 1.82) is 0 Å². The van der Waals surface area contributed by atoms with Crippen molar-refractivity contribution in [2.45, 2.75) is 77.4 Å². The predicted octanol–water partition coefficient (Wildman–Crippen LogP) is 5.65. The molecule has 8 heteroatoms. The molecule has 0 saturated carbocycles. The summed E-state index contributed by atoms with van der Waals surface area (Å²) in [5.41, 5.74) is 3.21. The Balaban J connectivity index is 2.02. The third-order valence-electron chi connectivity index (χ3n) is 7.10. The molecule has 214 valence electrons. The molecule has 0 aromatic heterocycles. The fraction of sp³-hybridized carbons (Fsp3) is 0.375. The fourth-order valence-electron chi connectivity index (χ4n) is 4.22. The number of carbonyl (C=O) groups excluding carboxylic acids is 2.